The van der Waals surface area contributed by atoms with Gasteiger partial charge in [-0.2, -0.15) is 0 Å². The molecule has 0 radical (unpaired) electrons. The molecule has 2 atom stereocenters. The van der Waals surface area contributed by atoms with Crippen molar-refractivity contribution in [2.24, 2.45) is 5.92 Å². The first-order chi connectivity index (χ1) is 9.90. The molecule has 1 aliphatic carbocycles. The summed E-state index contributed by atoms with van der Waals surface area (Å²) in [6.07, 6.45) is 14.7. The predicted octanol–water partition coefficient (Wildman–Crippen LogP) is 5.97. The average molecular weight is 288 g/mol. The number of allylic oxidation sites excluding steroid dienone is 6. The second-order valence-corrected chi connectivity index (χ2v) is 7.46. The summed E-state index contributed by atoms with van der Waals surface area (Å²) in [5, 5.41) is 0. The Morgan fingerprint density at radius 2 is 1.86 bits per heavy atom. The molecule has 0 aromatic rings. The highest BCUT2D eigenvalue weighted by Gasteiger charge is 2.50. The van der Waals surface area contributed by atoms with E-state index in [4.69, 9.17) is 4.74 Å². The number of ether oxygens (including phenoxy) is 1. The number of rotatable bonds is 1. The van der Waals surface area contributed by atoms with Crippen LogP contribution in [0.25, 0.3) is 0 Å². The molecule has 118 valence electrons. The van der Waals surface area contributed by atoms with Crippen molar-refractivity contribution in [3.8, 4) is 0 Å². The average Bonchev–Trinajstić information content (AvgIpc) is 3.06. The van der Waals surface area contributed by atoms with Crippen molar-refractivity contribution in [1.29, 1.82) is 0 Å². The Morgan fingerprint density at radius 3 is 2.57 bits per heavy atom. The summed E-state index contributed by atoms with van der Waals surface area (Å²) in [6.45, 7) is 11.4. The van der Waals surface area contributed by atoms with Crippen LogP contribution in [-0.2, 0) is 4.74 Å². The molecule has 0 amide bonds. The zero-order chi connectivity index (χ0) is 15.5. The maximum Gasteiger partial charge on any atom is 0.0923 e. The summed E-state index contributed by atoms with van der Waals surface area (Å²) < 4.78 is 5.95. The van der Waals surface area contributed by atoms with Crippen molar-refractivity contribution in [1.82, 2.24) is 0 Å². The molecule has 0 unspecified atom stereocenters. The van der Waals surface area contributed by atoms with E-state index in [1.54, 1.807) is 5.57 Å². The van der Waals surface area contributed by atoms with E-state index in [1.807, 2.05) is 0 Å². The summed E-state index contributed by atoms with van der Waals surface area (Å²) in [4.78, 5) is 0. The van der Waals surface area contributed by atoms with E-state index < -0.39 is 0 Å². The fraction of sp³-hybridized carbons (Fsp3) is 0.700. The molecule has 0 aromatic carbocycles. The molecule has 1 fully saturated rings. The zero-order valence-corrected chi connectivity index (χ0v) is 14.5. The predicted molar refractivity (Wildman–Crippen MR) is 91.4 cm³/mol. The number of hydrogen-bond donors (Lipinski definition) is 0. The molecular weight excluding hydrogens is 256 g/mol. The van der Waals surface area contributed by atoms with Crippen molar-refractivity contribution in [2.75, 3.05) is 0 Å². The lowest BCUT2D eigenvalue weighted by Crippen LogP contribution is -2.09. The molecular formula is C20H32O. The number of fused-ring (bicyclic) bond motifs is 1. The Balaban J connectivity index is 2.11. The van der Waals surface area contributed by atoms with Crippen molar-refractivity contribution in [3.63, 3.8) is 0 Å². The second-order valence-electron chi connectivity index (χ2n) is 7.46. The molecule has 0 bridgehead atoms. The smallest absolute Gasteiger partial charge is 0.0923 e. The molecule has 1 heterocycles. The van der Waals surface area contributed by atoms with Crippen LogP contribution in [0.5, 0.6) is 0 Å². The van der Waals surface area contributed by atoms with Gasteiger partial charge in [-0.15, -0.1) is 0 Å². The van der Waals surface area contributed by atoms with Gasteiger partial charge >= 0.3 is 0 Å². The Morgan fingerprint density at radius 1 is 1.10 bits per heavy atom. The lowest BCUT2D eigenvalue weighted by Gasteiger charge is -2.12. The van der Waals surface area contributed by atoms with Crippen LogP contribution < -0.4 is 0 Å². The molecule has 1 aliphatic heterocycles. The molecule has 0 saturated carbocycles. The zero-order valence-electron chi connectivity index (χ0n) is 14.5. The van der Waals surface area contributed by atoms with Gasteiger partial charge in [0.05, 0.1) is 11.7 Å². The largest absolute Gasteiger partial charge is 0.366 e. The van der Waals surface area contributed by atoms with Gasteiger partial charge < -0.3 is 4.74 Å². The Bertz CT molecular complexity index is 452. The third-order valence-electron chi connectivity index (χ3n) is 5.10. The van der Waals surface area contributed by atoms with Crippen LogP contribution in [0.3, 0.4) is 0 Å². The Labute approximate surface area is 131 Å². The van der Waals surface area contributed by atoms with Crippen LogP contribution in [0.15, 0.2) is 34.9 Å². The second kappa shape index (κ2) is 6.96. The van der Waals surface area contributed by atoms with Crippen molar-refractivity contribution >= 4 is 0 Å². The fourth-order valence-electron chi connectivity index (χ4n) is 3.18. The van der Waals surface area contributed by atoms with Gasteiger partial charge in [0, 0.05) is 0 Å². The van der Waals surface area contributed by atoms with Crippen LogP contribution in [0.1, 0.15) is 73.1 Å². The lowest BCUT2D eigenvalue weighted by molar-refractivity contribution is 0.295. The first-order valence-electron chi connectivity index (χ1n) is 8.60. The number of epoxide rings is 1. The van der Waals surface area contributed by atoms with Gasteiger partial charge in [-0.25, -0.2) is 0 Å². The van der Waals surface area contributed by atoms with E-state index >= 15 is 0 Å². The highest BCUT2D eigenvalue weighted by Crippen LogP contribution is 2.43. The van der Waals surface area contributed by atoms with Crippen LogP contribution in [0, 0.1) is 5.92 Å². The Kier molecular flexibility index (Phi) is 5.48. The molecule has 2 rings (SSSR count). The SMILES string of the molecule is C/C1=C\CC[C@]2(C)O[C@@H]2CC/C(C)=C/C=C(/C(C)C)CC1. The molecule has 0 aromatic heterocycles. The third kappa shape index (κ3) is 4.85. The van der Waals surface area contributed by atoms with Crippen LogP contribution in [-0.4, -0.2) is 11.7 Å². The van der Waals surface area contributed by atoms with Gasteiger partial charge in [0.2, 0.25) is 0 Å². The highest BCUT2D eigenvalue weighted by molar-refractivity contribution is 5.20. The topological polar surface area (TPSA) is 12.5 Å². The van der Waals surface area contributed by atoms with Gasteiger partial charge in [0.25, 0.3) is 0 Å². The monoisotopic (exact) mass is 288 g/mol. The van der Waals surface area contributed by atoms with E-state index in [9.17, 15) is 0 Å². The minimum atomic E-state index is 0.153. The van der Waals surface area contributed by atoms with Gasteiger partial charge in [-0.05, 0) is 65.2 Å². The molecule has 1 saturated heterocycles. The molecule has 1 nitrogen and oxygen atoms in total. The van der Waals surface area contributed by atoms with Gasteiger partial charge in [0.1, 0.15) is 0 Å². The number of hydrogen-bond acceptors (Lipinski definition) is 1. The van der Waals surface area contributed by atoms with Crippen molar-refractivity contribution < 1.29 is 4.74 Å². The molecule has 0 N–H and O–H groups in total. The summed E-state index contributed by atoms with van der Waals surface area (Å²) in [7, 11) is 0. The minimum Gasteiger partial charge on any atom is -0.366 e. The van der Waals surface area contributed by atoms with Crippen LogP contribution in [0.2, 0.25) is 0 Å². The van der Waals surface area contributed by atoms with Crippen LogP contribution >= 0.6 is 0 Å². The molecule has 0 spiro atoms. The van der Waals surface area contributed by atoms with E-state index in [-0.39, 0.29) is 5.60 Å². The summed E-state index contributed by atoms with van der Waals surface area (Å²) in [6, 6.07) is 0. The van der Waals surface area contributed by atoms with E-state index in [1.165, 1.54) is 36.8 Å². The normalized spacial score (nSPS) is 39.1. The maximum absolute atomic E-state index is 5.95. The summed E-state index contributed by atoms with van der Waals surface area (Å²) >= 11 is 0. The quantitative estimate of drug-likeness (QED) is 0.427. The lowest BCUT2D eigenvalue weighted by atomic mass is 9.92. The maximum atomic E-state index is 5.95. The van der Waals surface area contributed by atoms with E-state index in [2.05, 4.69) is 52.8 Å². The fourth-order valence-corrected chi connectivity index (χ4v) is 3.18. The van der Waals surface area contributed by atoms with E-state index in [0.717, 1.165) is 12.8 Å². The molecule has 2 aliphatic rings. The van der Waals surface area contributed by atoms with Gasteiger partial charge in [-0.1, -0.05) is 48.8 Å². The highest BCUT2D eigenvalue weighted by atomic mass is 16.6. The Hall–Kier alpha value is -0.820. The van der Waals surface area contributed by atoms with E-state index in [0.29, 0.717) is 12.0 Å². The summed E-state index contributed by atoms with van der Waals surface area (Å²) in [5.41, 5.74) is 4.74. The van der Waals surface area contributed by atoms with Crippen molar-refractivity contribution in [3.05, 3.63) is 34.9 Å². The molecule has 1 heteroatoms. The minimum absolute atomic E-state index is 0.153. The standard InChI is InChI=1S/C20H32O/c1-15(2)18-11-8-16(3)7-6-14-20(5)19(21-20)13-10-17(4)9-12-18/h7,9,12,15,19H,6,8,10-11,13-14H2,1-5H3/b16-7+,17-9+,18-12+/t19-,20+/m1/s1. The van der Waals surface area contributed by atoms with Gasteiger partial charge in [0.15, 0.2) is 0 Å². The first-order valence-corrected chi connectivity index (χ1v) is 8.60. The third-order valence-corrected chi connectivity index (χ3v) is 5.10. The van der Waals surface area contributed by atoms with Crippen molar-refractivity contribution in [2.45, 2.75) is 84.8 Å². The molecule has 21 heavy (non-hydrogen) atoms. The summed E-state index contributed by atoms with van der Waals surface area (Å²) in [5.74, 6) is 0.643. The van der Waals surface area contributed by atoms with Crippen LogP contribution in [0.4, 0.5) is 0 Å². The first kappa shape index (κ1) is 16.5. The van der Waals surface area contributed by atoms with Gasteiger partial charge in [-0.3, -0.25) is 0 Å².